The summed E-state index contributed by atoms with van der Waals surface area (Å²) in [4.78, 5) is 43.7. The number of phenolic OH excluding ortho intramolecular Hbond substituents is 1. The van der Waals surface area contributed by atoms with E-state index in [4.69, 9.17) is 27.9 Å². The fourth-order valence-corrected chi connectivity index (χ4v) is 5.28. The van der Waals surface area contributed by atoms with E-state index in [0.29, 0.717) is 69.7 Å². The molecule has 4 atom stereocenters. The topological polar surface area (TPSA) is 231 Å². The van der Waals surface area contributed by atoms with Crippen molar-refractivity contribution in [2.45, 2.75) is 37.0 Å². The molecule has 0 saturated carbocycles. The second kappa shape index (κ2) is 11.1. The van der Waals surface area contributed by atoms with Gasteiger partial charge in [0.25, 0.3) is 5.91 Å². The van der Waals surface area contributed by atoms with Gasteiger partial charge in [0.2, 0.25) is 23.8 Å². The molecule has 4 unspecified atom stereocenters. The Balaban J connectivity index is 1.41. The number of anilines is 4. The van der Waals surface area contributed by atoms with Crippen molar-refractivity contribution in [3.8, 4) is 5.75 Å². The summed E-state index contributed by atoms with van der Waals surface area (Å²) in [6.45, 7) is 2.86. The third-order valence-electron chi connectivity index (χ3n) is 7.02. The van der Waals surface area contributed by atoms with Crippen LogP contribution in [0.25, 0.3) is 0 Å². The van der Waals surface area contributed by atoms with Crippen LogP contribution >= 0.6 is 0 Å². The van der Waals surface area contributed by atoms with Gasteiger partial charge in [0.05, 0.1) is 12.1 Å². The monoisotopic (exact) mass is 540 g/mol. The zero-order valence-corrected chi connectivity index (χ0v) is 21.7. The van der Waals surface area contributed by atoms with E-state index in [0.717, 1.165) is 0 Å². The summed E-state index contributed by atoms with van der Waals surface area (Å²) in [7, 11) is 0. The molecule has 0 spiro atoms. The number of aromatic hydroxyl groups is 1. The number of piperazine rings is 1. The Hall–Kier alpha value is -3.79. The lowest BCUT2D eigenvalue weighted by Crippen LogP contribution is -2.54. The van der Waals surface area contributed by atoms with Crippen LogP contribution in [0.2, 0.25) is 0 Å². The fraction of sp³-hybridized carbons (Fsp3) is 0.542. The first kappa shape index (κ1) is 26.8. The Morgan fingerprint density at radius 1 is 0.923 bits per heavy atom. The zero-order valence-electron chi connectivity index (χ0n) is 21.7. The lowest BCUT2D eigenvalue weighted by atomic mass is 10.0. The summed E-state index contributed by atoms with van der Waals surface area (Å²) in [5.41, 5.74) is 25.4. The molecule has 2 amide bonds. The molecule has 11 N–H and O–H groups in total. The number of piperidine rings is 2. The number of rotatable bonds is 5. The third kappa shape index (κ3) is 6.27. The summed E-state index contributed by atoms with van der Waals surface area (Å²) < 4.78 is 0. The van der Waals surface area contributed by atoms with Gasteiger partial charge in [-0.2, -0.15) is 15.0 Å². The van der Waals surface area contributed by atoms with E-state index in [1.807, 2.05) is 9.80 Å². The minimum absolute atomic E-state index is 0.0533. The van der Waals surface area contributed by atoms with Gasteiger partial charge in [-0.05, 0) is 25.0 Å². The molecule has 0 bridgehead atoms. The Bertz CT molecular complexity index is 1160. The molecule has 5 rings (SSSR count). The number of phenols is 1. The lowest BCUT2D eigenvalue weighted by molar-refractivity contribution is -0.123. The summed E-state index contributed by atoms with van der Waals surface area (Å²) in [5.74, 6) is 0.183. The van der Waals surface area contributed by atoms with Gasteiger partial charge in [-0.25, -0.2) is 0 Å². The van der Waals surface area contributed by atoms with E-state index < -0.39 is 5.91 Å². The standard InChI is InChI=1S/C24H36N12O3/c25-13-5-14(26)9-35(8-13)23-31-22(32-24(33-23)36-10-15(27)6-16(28)11-36)30-17-1-2-18(19(37)7-17)21(39)34-4-3-29-20(38)12-34/h1-2,7,13-16,37H,3-6,8-12,25-28H2,(H,29,38)(H,30,31,32,33). The predicted molar refractivity (Wildman–Crippen MR) is 146 cm³/mol. The predicted octanol–water partition coefficient (Wildman–Crippen LogP) is -2.38. The van der Waals surface area contributed by atoms with Crippen LogP contribution in [-0.4, -0.2) is 107 Å². The Morgan fingerprint density at radius 3 is 2.00 bits per heavy atom. The molecule has 15 heteroatoms. The average Bonchev–Trinajstić information content (AvgIpc) is 2.87. The van der Waals surface area contributed by atoms with Crippen molar-refractivity contribution in [3.05, 3.63) is 23.8 Å². The average molecular weight is 541 g/mol. The van der Waals surface area contributed by atoms with Crippen LogP contribution in [0.15, 0.2) is 18.2 Å². The van der Waals surface area contributed by atoms with E-state index in [1.54, 1.807) is 6.07 Å². The number of hydrogen-bond acceptors (Lipinski definition) is 13. The molecule has 39 heavy (non-hydrogen) atoms. The van der Waals surface area contributed by atoms with Gasteiger partial charge in [0.1, 0.15) is 5.75 Å². The van der Waals surface area contributed by atoms with Crippen molar-refractivity contribution in [3.63, 3.8) is 0 Å². The molecule has 3 aliphatic heterocycles. The molecule has 2 aromatic rings. The number of hydrogen-bond donors (Lipinski definition) is 7. The maximum atomic E-state index is 12.9. The highest BCUT2D eigenvalue weighted by atomic mass is 16.3. The maximum absolute atomic E-state index is 12.9. The van der Waals surface area contributed by atoms with Gasteiger partial charge in [-0.1, -0.05) is 0 Å². The summed E-state index contributed by atoms with van der Waals surface area (Å²) >= 11 is 0. The van der Waals surface area contributed by atoms with Crippen molar-refractivity contribution < 1.29 is 14.7 Å². The van der Waals surface area contributed by atoms with Crippen LogP contribution in [0.4, 0.5) is 23.5 Å². The molecule has 15 nitrogen and oxygen atoms in total. The third-order valence-corrected chi connectivity index (χ3v) is 7.02. The van der Waals surface area contributed by atoms with Gasteiger partial charge in [0, 0.05) is 75.2 Å². The van der Waals surface area contributed by atoms with Crippen LogP contribution in [0, 0.1) is 0 Å². The molecule has 3 fully saturated rings. The fourth-order valence-electron chi connectivity index (χ4n) is 5.28. The number of nitrogens with one attached hydrogen (secondary N) is 2. The van der Waals surface area contributed by atoms with Crippen LogP contribution < -0.4 is 43.4 Å². The highest BCUT2D eigenvalue weighted by molar-refractivity contribution is 5.99. The van der Waals surface area contributed by atoms with Crippen LogP contribution in [0.5, 0.6) is 5.75 Å². The number of carbonyl (C=O) groups excluding carboxylic acids is 2. The lowest BCUT2D eigenvalue weighted by Gasteiger charge is -2.37. The maximum Gasteiger partial charge on any atom is 0.258 e. The molecule has 3 aliphatic rings. The van der Waals surface area contributed by atoms with E-state index in [2.05, 4.69) is 20.6 Å². The molecule has 1 aromatic carbocycles. The van der Waals surface area contributed by atoms with Gasteiger partial charge in [-0.3, -0.25) is 9.59 Å². The SMILES string of the molecule is NC1CC(N)CN(c2nc(Nc3ccc(C(=O)N4CCNC(=O)C4)c(O)c3)nc(N3CC(N)CC(N)C3)n2)C1. The summed E-state index contributed by atoms with van der Waals surface area (Å²) in [6, 6.07) is 4.09. The number of aromatic nitrogens is 3. The molecule has 3 saturated heterocycles. The molecule has 1 aromatic heterocycles. The quantitative estimate of drug-likeness (QED) is 0.210. The number of carbonyl (C=O) groups is 2. The molecule has 0 aliphatic carbocycles. The molecule has 0 radical (unpaired) electrons. The minimum atomic E-state index is -0.422. The van der Waals surface area contributed by atoms with E-state index in [-0.39, 0.29) is 53.9 Å². The normalized spacial score (nSPS) is 25.8. The molecule has 4 heterocycles. The minimum Gasteiger partial charge on any atom is -0.507 e. The van der Waals surface area contributed by atoms with Crippen molar-refractivity contribution in [2.24, 2.45) is 22.9 Å². The number of nitrogens with two attached hydrogens (primary N) is 4. The number of benzene rings is 1. The molecule has 210 valence electrons. The second-order valence-corrected chi connectivity index (χ2v) is 10.5. The summed E-state index contributed by atoms with van der Waals surface area (Å²) in [5, 5.41) is 16.4. The second-order valence-electron chi connectivity index (χ2n) is 10.5. The van der Waals surface area contributed by atoms with Crippen molar-refractivity contribution in [1.82, 2.24) is 25.2 Å². The number of amides is 2. The first-order chi connectivity index (χ1) is 18.6. The molecular weight excluding hydrogens is 504 g/mol. The van der Waals surface area contributed by atoms with E-state index in [1.165, 1.54) is 17.0 Å². The van der Waals surface area contributed by atoms with Gasteiger partial charge >= 0.3 is 0 Å². The van der Waals surface area contributed by atoms with Gasteiger partial charge in [0.15, 0.2) is 0 Å². The molecular formula is C24H36N12O3. The van der Waals surface area contributed by atoms with Crippen LogP contribution in [0.3, 0.4) is 0 Å². The van der Waals surface area contributed by atoms with Gasteiger partial charge in [-0.15, -0.1) is 0 Å². The zero-order chi connectivity index (χ0) is 27.7. The summed E-state index contributed by atoms with van der Waals surface area (Å²) in [6.07, 6.45) is 1.42. The first-order valence-electron chi connectivity index (χ1n) is 13.1. The van der Waals surface area contributed by atoms with Crippen LogP contribution in [-0.2, 0) is 4.79 Å². The van der Waals surface area contributed by atoms with Crippen molar-refractivity contribution in [2.75, 3.05) is 60.9 Å². The van der Waals surface area contributed by atoms with Crippen molar-refractivity contribution in [1.29, 1.82) is 0 Å². The Kier molecular flexibility index (Phi) is 7.65. The highest BCUT2D eigenvalue weighted by Gasteiger charge is 2.29. The van der Waals surface area contributed by atoms with Crippen LogP contribution in [0.1, 0.15) is 23.2 Å². The smallest absolute Gasteiger partial charge is 0.258 e. The van der Waals surface area contributed by atoms with E-state index >= 15 is 0 Å². The largest absolute Gasteiger partial charge is 0.507 e. The van der Waals surface area contributed by atoms with Gasteiger partial charge < -0.3 is 53.4 Å². The highest BCUT2D eigenvalue weighted by Crippen LogP contribution is 2.27. The Morgan fingerprint density at radius 2 is 1.49 bits per heavy atom. The van der Waals surface area contributed by atoms with E-state index in [9.17, 15) is 14.7 Å². The van der Waals surface area contributed by atoms with Crippen molar-refractivity contribution >= 4 is 35.3 Å². The number of nitrogens with zero attached hydrogens (tertiary/aromatic N) is 6. The Labute approximate surface area is 225 Å². The first-order valence-corrected chi connectivity index (χ1v) is 13.1.